The Bertz CT molecular complexity index is 42.3. The molecule has 0 aromatic heterocycles. The minimum atomic E-state index is -1.51. The second-order valence-electron chi connectivity index (χ2n) is 1.02. The first-order valence-corrected chi connectivity index (χ1v) is 2.42. The summed E-state index contributed by atoms with van der Waals surface area (Å²) >= 11 is 10.1. The maximum Gasteiger partial charge on any atom is 0.214 e. The van der Waals surface area contributed by atoms with Crippen molar-refractivity contribution in [3.8, 4) is 0 Å². The van der Waals surface area contributed by atoms with Gasteiger partial charge in [0.1, 0.15) is 0 Å². The lowest BCUT2D eigenvalue weighted by atomic mass is 10.5. The molecule has 0 aliphatic rings. The van der Waals surface area contributed by atoms with E-state index >= 15 is 0 Å². The van der Waals surface area contributed by atoms with Crippen molar-refractivity contribution in [3.63, 3.8) is 0 Å². The Labute approximate surface area is 64.5 Å². The molecule has 5 heteroatoms. The van der Waals surface area contributed by atoms with Crippen LogP contribution in [-0.4, -0.2) is 15.1 Å². The van der Waals surface area contributed by atoms with E-state index in [0.717, 1.165) is 0 Å². The zero-order valence-electron chi connectivity index (χ0n) is 4.32. The van der Waals surface area contributed by atoms with Crippen molar-refractivity contribution in [2.24, 2.45) is 0 Å². The maximum absolute atomic E-state index is 8.36. The Hall–Kier alpha value is 0.790. The molecule has 0 saturated carbocycles. The highest BCUT2D eigenvalue weighted by molar-refractivity contribution is 6.46. The van der Waals surface area contributed by atoms with Gasteiger partial charge in [-0.05, 0) is 0 Å². The molecule has 0 fully saturated rings. The summed E-state index contributed by atoms with van der Waals surface area (Å²) in [5.74, 6) is 0. The number of halogens is 3. The molecule has 8 heavy (non-hydrogen) atoms. The molecule has 2 nitrogen and oxygen atoms in total. The topological polar surface area (TPSA) is 51.7 Å². The van der Waals surface area contributed by atoms with Gasteiger partial charge in [0.15, 0.2) is 0 Å². The minimum absolute atomic E-state index is 0. The van der Waals surface area contributed by atoms with Gasteiger partial charge in [-0.2, -0.15) is 0 Å². The monoisotopic (exact) mass is 182 g/mol. The average molecular weight is 183 g/mol. The van der Waals surface area contributed by atoms with E-state index in [-0.39, 0.29) is 17.9 Å². The van der Waals surface area contributed by atoms with E-state index in [4.69, 9.17) is 28.3 Å². The van der Waals surface area contributed by atoms with Gasteiger partial charge >= 0.3 is 0 Å². The van der Waals surface area contributed by atoms with Crippen LogP contribution in [0.2, 0.25) is 0 Å². The van der Waals surface area contributed by atoms with Crippen LogP contribution in [0.15, 0.2) is 0 Å². The van der Waals surface area contributed by atoms with Crippen molar-refractivity contribution in [1.82, 2.24) is 0 Å². The third-order valence-electron chi connectivity index (χ3n) is 0.425. The van der Waals surface area contributed by atoms with Crippen LogP contribution >= 0.6 is 35.6 Å². The highest BCUT2D eigenvalue weighted by Gasteiger charge is 2.13. The molecule has 3 N–H and O–H groups in total. The molecule has 0 saturated heterocycles. The molecule has 0 rings (SSSR count). The van der Waals surface area contributed by atoms with Crippen molar-refractivity contribution in [2.75, 3.05) is 0 Å². The second-order valence-corrected chi connectivity index (χ2v) is 2.46. The van der Waals surface area contributed by atoms with Gasteiger partial charge in [0.2, 0.25) is 4.52 Å². The Kier molecular flexibility index (Phi) is 11.8. The summed E-state index contributed by atoms with van der Waals surface area (Å²) in [4.78, 5) is 0. The van der Waals surface area contributed by atoms with Gasteiger partial charge in [0, 0.05) is 6.42 Å². The van der Waals surface area contributed by atoms with Crippen LogP contribution < -0.4 is 0 Å². The first-order chi connectivity index (χ1) is 2.56. The van der Waals surface area contributed by atoms with Crippen LogP contribution in [0.3, 0.4) is 0 Å². The molecule has 0 heterocycles. The molecule has 0 bridgehead atoms. The van der Waals surface area contributed by atoms with Gasteiger partial charge in [0.05, 0.1) is 0 Å². The lowest BCUT2D eigenvalue weighted by Gasteiger charge is -2.04. The number of aliphatic hydroxyl groups is 1. The Morgan fingerprint density at radius 1 is 1.50 bits per heavy atom. The normalized spacial score (nSPS) is 9.00. The summed E-state index contributed by atoms with van der Waals surface area (Å²) < 4.78 is -1.51. The first-order valence-electron chi connectivity index (χ1n) is 1.66. The largest absolute Gasteiger partial charge is 0.412 e. The summed E-state index contributed by atoms with van der Waals surface area (Å²) in [5.41, 5.74) is 0. The Morgan fingerprint density at radius 3 is 1.62 bits per heavy atom. The van der Waals surface area contributed by atoms with E-state index in [9.17, 15) is 0 Å². The van der Waals surface area contributed by atoms with E-state index in [1.807, 2.05) is 0 Å². The van der Waals surface area contributed by atoms with Crippen LogP contribution in [0.4, 0.5) is 0 Å². The highest BCUT2D eigenvalue weighted by Crippen LogP contribution is 2.19. The smallest absolute Gasteiger partial charge is 0.214 e. The van der Waals surface area contributed by atoms with Crippen molar-refractivity contribution < 1.29 is 10.6 Å². The highest BCUT2D eigenvalue weighted by atomic mass is 35.5. The SMILES string of the molecule is CCC(O)(Cl)Cl.Cl.O. The quantitative estimate of drug-likeness (QED) is 0.609. The van der Waals surface area contributed by atoms with Gasteiger partial charge in [0.25, 0.3) is 0 Å². The average Bonchev–Trinajstić information content (AvgIpc) is 1.35. The molecule has 54 valence electrons. The third kappa shape index (κ3) is 15.8. The standard InChI is InChI=1S/C3H6Cl2O.ClH.H2O/c1-2-3(4,5)6;;/h6H,2H2,1H3;1H;1H2. The van der Waals surface area contributed by atoms with Gasteiger partial charge in [-0.15, -0.1) is 12.4 Å². The van der Waals surface area contributed by atoms with Crippen LogP contribution in [-0.2, 0) is 0 Å². The molecular formula is C3H9Cl3O2. The van der Waals surface area contributed by atoms with Crippen molar-refractivity contribution in [2.45, 2.75) is 17.9 Å². The van der Waals surface area contributed by atoms with Crippen LogP contribution in [0.5, 0.6) is 0 Å². The zero-order valence-corrected chi connectivity index (χ0v) is 6.65. The van der Waals surface area contributed by atoms with Crippen molar-refractivity contribution >= 4 is 35.6 Å². The number of alkyl halides is 2. The molecule has 0 aliphatic heterocycles. The van der Waals surface area contributed by atoms with Crippen molar-refractivity contribution in [3.05, 3.63) is 0 Å². The molecule has 0 radical (unpaired) electrons. The maximum atomic E-state index is 8.36. The second kappa shape index (κ2) is 5.92. The van der Waals surface area contributed by atoms with E-state index in [1.54, 1.807) is 6.92 Å². The van der Waals surface area contributed by atoms with Crippen LogP contribution in [0.1, 0.15) is 13.3 Å². The first kappa shape index (κ1) is 15.9. The van der Waals surface area contributed by atoms with Gasteiger partial charge in [-0.25, -0.2) is 0 Å². The summed E-state index contributed by atoms with van der Waals surface area (Å²) in [5, 5.41) is 8.36. The fourth-order valence-corrected chi connectivity index (χ4v) is 0. The van der Waals surface area contributed by atoms with Crippen LogP contribution in [0.25, 0.3) is 0 Å². The van der Waals surface area contributed by atoms with Gasteiger partial charge < -0.3 is 10.6 Å². The molecule has 0 unspecified atom stereocenters. The number of hydrogen-bond donors (Lipinski definition) is 1. The van der Waals surface area contributed by atoms with E-state index in [2.05, 4.69) is 0 Å². The molecular weight excluding hydrogens is 174 g/mol. The van der Waals surface area contributed by atoms with Crippen LogP contribution in [0, 0.1) is 0 Å². The molecule has 0 atom stereocenters. The van der Waals surface area contributed by atoms with Crippen molar-refractivity contribution in [1.29, 1.82) is 0 Å². The van der Waals surface area contributed by atoms with E-state index in [0.29, 0.717) is 6.42 Å². The summed E-state index contributed by atoms with van der Waals surface area (Å²) in [6.07, 6.45) is 0.357. The number of hydrogen-bond acceptors (Lipinski definition) is 1. The zero-order chi connectivity index (χ0) is 5.21. The van der Waals surface area contributed by atoms with E-state index in [1.165, 1.54) is 0 Å². The summed E-state index contributed by atoms with van der Waals surface area (Å²) in [6.45, 7) is 1.69. The van der Waals surface area contributed by atoms with E-state index < -0.39 is 4.52 Å². The third-order valence-corrected chi connectivity index (χ3v) is 0.960. The summed E-state index contributed by atoms with van der Waals surface area (Å²) in [6, 6.07) is 0. The Balaban J connectivity index is -0.000000125. The summed E-state index contributed by atoms with van der Waals surface area (Å²) in [7, 11) is 0. The van der Waals surface area contributed by atoms with Gasteiger partial charge in [-0.3, -0.25) is 0 Å². The molecule has 0 aromatic carbocycles. The Morgan fingerprint density at radius 2 is 1.62 bits per heavy atom. The molecule has 0 aromatic rings. The lowest BCUT2D eigenvalue weighted by molar-refractivity contribution is 0.210. The predicted octanol–water partition coefficient (Wildman–Crippen LogP) is 1.12. The molecule has 0 spiro atoms. The fourth-order valence-electron chi connectivity index (χ4n) is 0. The van der Waals surface area contributed by atoms with Gasteiger partial charge in [-0.1, -0.05) is 30.1 Å². The molecule has 0 amide bonds. The fraction of sp³-hybridized carbons (Fsp3) is 1.00. The predicted molar refractivity (Wildman–Crippen MR) is 37.8 cm³/mol. The molecule has 0 aliphatic carbocycles. The minimum Gasteiger partial charge on any atom is -0.412 e. The number of rotatable bonds is 1. The lowest BCUT2D eigenvalue weighted by Crippen LogP contribution is -2.06.